The molecule has 0 amide bonds. The second-order valence-corrected chi connectivity index (χ2v) is 7.26. The molecule has 1 atom stereocenters. The Bertz CT molecular complexity index is 825. The molecule has 0 radical (unpaired) electrons. The molecule has 5 nitrogen and oxygen atoms in total. The van der Waals surface area contributed by atoms with E-state index in [4.69, 9.17) is 4.74 Å². The van der Waals surface area contributed by atoms with Gasteiger partial charge in [-0.3, -0.25) is 4.98 Å². The van der Waals surface area contributed by atoms with Crippen molar-refractivity contribution >= 4 is 22.8 Å². The van der Waals surface area contributed by atoms with Crippen molar-refractivity contribution in [1.29, 1.82) is 0 Å². The van der Waals surface area contributed by atoms with E-state index in [1.54, 1.807) is 12.4 Å². The van der Waals surface area contributed by atoms with Crippen molar-refractivity contribution in [3.05, 3.63) is 54.1 Å². The SMILES string of the molecule is Cn1c(COc2ccc(CC3CNCS3)cc2)nc2cnccc21. The number of nitrogens with one attached hydrogen (secondary N) is 1. The van der Waals surface area contributed by atoms with Gasteiger partial charge in [-0.25, -0.2) is 4.98 Å². The van der Waals surface area contributed by atoms with E-state index in [0.29, 0.717) is 11.9 Å². The molecular weight excluding hydrogens is 320 g/mol. The number of aromatic nitrogens is 3. The van der Waals surface area contributed by atoms with E-state index >= 15 is 0 Å². The van der Waals surface area contributed by atoms with Crippen LogP contribution >= 0.6 is 11.8 Å². The van der Waals surface area contributed by atoms with Gasteiger partial charge >= 0.3 is 0 Å². The Balaban J connectivity index is 1.40. The molecule has 124 valence electrons. The quantitative estimate of drug-likeness (QED) is 0.774. The average molecular weight is 340 g/mol. The van der Waals surface area contributed by atoms with Gasteiger partial charge < -0.3 is 14.6 Å². The second-order valence-electron chi connectivity index (χ2n) is 5.98. The molecule has 6 heteroatoms. The minimum Gasteiger partial charge on any atom is -0.486 e. The van der Waals surface area contributed by atoms with Crippen LogP contribution in [-0.4, -0.2) is 32.2 Å². The number of hydrogen-bond donors (Lipinski definition) is 1. The van der Waals surface area contributed by atoms with Gasteiger partial charge in [-0.05, 0) is 30.2 Å². The molecule has 1 aliphatic rings. The van der Waals surface area contributed by atoms with Gasteiger partial charge in [0.15, 0.2) is 0 Å². The van der Waals surface area contributed by atoms with Gasteiger partial charge in [0.2, 0.25) is 0 Å². The highest BCUT2D eigenvalue weighted by atomic mass is 32.2. The van der Waals surface area contributed by atoms with Gasteiger partial charge in [-0.1, -0.05) is 12.1 Å². The summed E-state index contributed by atoms with van der Waals surface area (Å²) in [5.74, 6) is 2.84. The lowest BCUT2D eigenvalue weighted by Gasteiger charge is -2.10. The summed E-state index contributed by atoms with van der Waals surface area (Å²) < 4.78 is 7.96. The molecule has 3 heterocycles. The molecule has 0 bridgehead atoms. The lowest BCUT2D eigenvalue weighted by atomic mass is 10.1. The summed E-state index contributed by atoms with van der Waals surface area (Å²) in [6.45, 7) is 1.55. The van der Waals surface area contributed by atoms with Gasteiger partial charge in [0.1, 0.15) is 23.7 Å². The summed E-state index contributed by atoms with van der Waals surface area (Å²) in [5.41, 5.74) is 3.33. The highest BCUT2D eigenvalue weighted by molar-refractivity contribution is 8.00. The summed E-state index contributed by atoms with van der Waals surface area (Å²) in [6, 6.07) is 10.4. The van der Waals surface area contributed by atoms with Crippen molar-refractivity contribution in [1.82, 2.24) is 19.9 Å². The molecule has 1 aromatic carbocycles. The first-order valence-corrected chi connectivity index (χ1v) is 9.14. The van der Waals surface area contributed by atoms with Crippen LogP contribution < -0.4 is 10.1 Å². The maximum Gasteiger partial charge on any atom is 0.147 e. The lowest BCUT2D eigenvalue weighted by Crippen LogP contribution is -2.14. The first-order chi connectivity index (χ1) is 11.8. The van der Waals surface area contributed by atoms with Gasteiger partial charge in [-0.15, -0.1) is 11.8 Å². The van der Waals surface area contributed by atoms with E-state index in [1.165, 1.54) is 5.56 Å². The Morgan fingerprint density at radius 3 is 2.92 bits per heavy atom. The maximum absolute atomic E-state index is 5.91. The van der Waals surface area contributed by atoms with E-state index < -0.39 is 0 Å². The Kier molecular flexibility index (Phi) is 4.40. The van der Waals surface area contributed by atoms with Crippen LogP contribution in [0.5, 0.6) is 5.75 Å². The number of nitrogens with zero attached hydrogens (tertiary/aromatic N) is 3. The smallest absolute Gasteiger partial charge is 0.147 e. The molecule has 4 rings (SSSR count). The van der Waals surface area contributed by atoms with Crippen LogP contribution in [0, 0.1) is 0 Å². The largest absolute Gasteiger partial charge is 0.486 e. The van der Waals surface area contributed by atoms with Gasteiger partial charge in [0.05, 0.1) is 11.7 Å². The molecule has 3 aromatic rings. The van der Waals surface area contributed by atoms with Crippen molar-refractivity contribution in [3.8, 4) is 5.75 Å². The molecule has 2 aromatic heterocycles. The molecule has 1 N–H and O–H groups in total. The first kappa shape index (κ1) is 15.5. The monoisotopic (exact) mass is 340 g/mol. The zero-order valence-electron chi connectivity index (χ0n) is 13.6. The number of thioether (sulfide) groups is 1. The van der Waals surface area contributed by atoms with Crippen LogP contribution in [0.3, 0.4) is 0 Å². The van der Waals surface area contributed by atoms with Crippen molar-refractivity contribution in [3.63, 3.8) is 0 Å². The fraction of sp³-hybridized carbons (Fsp3) is 0.333. The number of hydrogen-bond acceptors (Lipinski definition) is 5. The predicted molar refractivity (Wildman–Crippen MR) is 97.2 cm³/mol. The summed E-state index contributed by atoms with van der Waals surface area (Å²) in [6.07, 6.45) is 4.67. The number of aryl methyl sites for hydroxylation is 1. The van der Waals surface area contributed by atoms with E-state index in [2.05, 4.69) is 32.0 Å². The first-order valence-electron chi connectivity index (χ1n) is 8.09. The maximum atomic E-state index is 5.91. The number of benzene rings is 1. The van der Waals surface area contributed by atoms with Crippen molar-refractivity contribution in [2.24, 2.45) is 7.05 Å². The molecule has 24 heavy (non-hydrogen) atoms. The summed E-state index contributed by atoms with van der Waals surface area (Å²) in [4.78, 5) is 8.69. The van der Waals surface area contributed by atoms with Crippen LogP contribution in [0.4, 0.5) is 0 Å². The third-order valence-electron chi connectivity index (χ3n) is 4.32. The Labute approximate surface area is 145 Å². The fourth-order valence-corrected chi connectivity index (χ4v) is 3.97. The zero-order valence-corrected chi connectivity index (χ0v) is 14.4. The molecule has 1 unspecified atom stereocenters. The average Bonchev–Trinajstić information content (AvgIpc) is 3.23. The standard InChI is InChI=1S/C18H20N4OS/c1-22-17-6-7-19-10-16(17)21-18(22)11-23-14-4-2-13(3-5-14)8-15-9-20-12-24-15/h2-7,10,15,20H,8-9,11-12H2,1H3. The highest BCUT2D eigenvalue weighted by Crippen LogP contribution is 2.22. The molecule has 1 saturated heterocycles. The summed E-state index contributed by atoms with van der Waals surface area (Å²) >= 11 is 1.99. The fourth-order valence-electron chi connectivity index (χ4n) is 2.95. The lowest BCUT2D eigenvalue weighted by molar-refractivity contribution is 0.292. The van der Waals surface area contributed by atoms with Crippen molar-refractivity contribution < 1.29 is 4.74 Å². The Morgan fingerprint density at radius 1 is 1.29 bits per heavy atom. The molecular formula is C18H20N4OS. The third kappa shape index (κ3) is 3.25. The minimum absolute atomic E-state index is 0.451. The van der Waals surface area contributed by atoms with Crippen LogP contribution in [0.25, 0.3) is 11.0 Å². The van der Waals surface area contributed by atoms with E-state index in [-0.39, 0.29) is 0 Å². The third-order valence-corrected chi connectivity index (χ3v) is 5.50. The van der Waals surface area contributed by atoms with Gasteiger partial charge in [0, 0.05) is 30.9 Å². The number of rotatable bonds is 5. The molecule has 0 spiro atoms. The van der Waals surface area contributed by atoms with Crippen molar-refractivity contribution in [2.45, 2.75) is 18.3 Å². The van der Waals surface area contributed by atoms with E-state index in [0.717, 1.165) is 41.4 Å². The Morgan fingerprint density at radius 2 is 2.17 bits per heavy atom. The highest BCUT2D eigenvalue weighted by Gasteiger charge is 2.15. The number of fused-ring (bicyclic) bond motifs is 1. The summed E-state index contributed by atoms with van der Waals surface area (Å²) in [7, 11) is 2.00. The minimum atomic E-state index is 0.451. The van der Waals surface area contributed by atoms with Crippen LogP contribution in [0.2, 0.25) is 0 Å². The van der Waals surface area contributed by atoms with Gasteiger partial charge in [0.25, 0.3) is 0 Å². The molecule has 0 aliphatic carbocycles. The van der Waals surface area contributed by atoms with Crippen LogP contribution in [-0.2, 0) is 20.1 Å². The zero-order chi connectivity index (χ0) is 16.4. The molecule has 1 fully saturated rings. The number of imidazole rings is 1. The second kappa shape index (κ2) is 6.83. The summed E-state index contributed by atoms with van der Waals surface area (Å²) in [5, 5.41) is 4.07. The van der Waals surface area contributed by atoms with Crippen LogP contribution in [0.15, 0.2) is 42.7 Å². The van der Waals surface area contributed by atoms with Gasteiger partial charge in [-0.2, -0.15) is 0 Å². The Hall–Kier alpha value is -2.05. The normalized spacial score (nSPS) is 17.5. The van der Waals surface area contributed by atoms with E-state index in [1.807, 2.05) is 37.0 Å². The van der Waals surface area contributed by atoms with Crippen LogP contribution in [0.1, 0.15) is 11.4 Å². The van der Waals surface area contributed by atoms with Crippen molar-refractivity contribution in [2.75, 3.05) is 12.4 Å². The molecule has 0 saturated carbocycles. The molecule has 1 aliphatic heterocycles. The van der Waals surface area contributed by atoms with E-state index in [9.17, 15) is 0 Å². The predicted octanol–water partition coefficient (Wildman–Crippen LogP) is 2.75. The topological polar surface area (TPSA) is 52.0 Å². The number of pyridine rings is 1. The number of ether oxygens (including phenoxy) is 1.